The first kappa shape index (κ1) is 19.1. The van der Waals surface area contributed by atoms with Gasteiger partial charge in [-0.05, 0) is 37.5 Å². The number of carbonyl (C=O) groups excluding carboxylic acids is 2. The van der Waals surface area contributed by atoms with Gasteiger partial charge in [-0.3, -0.25) is 4.79 Å². The van der Waals surface area contributed by atoms with E-state index in [1.165, 1.54) is 17.0 Å². The van der Waals surface area contributed by atoms with Gasteiger partial charge < -0.3 is 15.0 Å². The number of amides is 2. The van der Waals surface area contributed by atoms with Crippen molar-refractivity contribution in [1.82, 2.24) is 10.2 Å². The Morgan fingerprint density at radius 2 is 1.96 bits per heavy atom. The molecular weight excluding hydrogens is 337 g/mol. The van der Waals surface area contributed by atoms with Gasteiger partial charge in [-0.1, -0.05) is 12.1 Å². The molecule has 138 valence electrons. The first-order valence-corrected chi connectivity index (χ1v) is 8.16. The van der Waals surface area contributed by atoms with E-state index in [0.29, 0.717) is 24.9 Å². The highest BCUT2D eigenvalue weighted by atomic mass is 19.4. The molecule has 1 saturated heterocycles. The Morgan fingerprint density at radius 1 is 1.28 bits per heavy atom. The quantitative estimate of drug-likeness (QED) is 0.899. The van der Waals surface area contributed by atoms with Crippen molar-refractivity contribution in [1.29, 1.82) is 0 Å². The van der Waals surface area contributed by atoms with E-state index >= 15 is 0 Å². The minimum absolute atomic E-state index is 0.146. The molecule has 1 aliphatic heterocycles. The van der Waals surface area contributed by atoms with Crippen molar-refractivity contribution in [3.8, 4) is 0 Å². The number of alkyl halides is 3. The van der Waals surface area contributed by atoms with Crippen LogP contribution in [0.3, 0.4) is 0 Å². The predicted octanol–water partition coefficient (Wildman–Crippen LogP) is 3.19. The lowest BCUT2D eigenvalue weighted by atomic mass is 9.97. The van der Waals surface area contributed by atoms with E-state index in [1.54, 1.807) is 6.92 Å². The minimum Gasteiger partial charge on any atom is -0.450 e. The zero-order valence-corrected chi connectivity index (χ0v) is 13.9. The van der Waals surface area contributed by atoms with Crippen LogP contribution in [0.5, 0.6) is 0 Å². The van der Waals surface area contributed by atoms with E-state index < -0.39 is 17.8 Å². The maximum absolute atomic E-state index is 12.5. The third kappa shape index (κ3) is 5.37. The SMILES string of the molecule is CCOC(=O)N1CCCC(C(=O)NCc2ccc(C(F)(F)F)cc2)C1. The number of piperidine rings is 1. The molecule has 0 aliphatic carbocycles. The number of nitrogens with one attached hydrogen (secondary N) is 1. The van der Waals surface area contributed by atoms with Crippen molar-refractivity contribution in [3.05, 3.63) is 35.4 Å². The van der Waals surface area contributed by atoms with Crippen LogP contribution >= 0.6 is 0 Å². The molecule has 1 aromatic carbocycles. The number of likely N-dealkylation sites (tertiary alicyclic amines) is 1. The summed E-state index contributed by atoms with van der Waals surface area (Å²) >= 11 is 0. The second-order valence-electron chi connectivity index (χ2n) is 5.90. The molecule has 2 rings (SSSR count). The van der Waals surface area contributed by atoms with E-state index in [2.05, 4.69) is 5.32 Å². The Kier molecular flexibility index (Phi) is 6.27. The molecule has 0 radical (unpaired) electrons. The highest BCUT2D eigenvalue weighted by molar-refractivity contribution is 5.80. The van der Waals surface area contributed by atoms with Gasteiger partial charge in [0.2, 0.25) is 5.91 Å². The molecule has 8 heteroatoms. The van der Waals surface area contributed by atoms with Crippen LogP contribution < -0.4 is 5.32 Å². The summed E-state index contributed by atoms with van der Waals surface area (Å²) < 4.78 is 42.5. The predicted molar refractivity (Wildman–Crippen MR) is 84.6 cm³/mol. The molecule has 25 heavy (non-hydrogen) atoms. The van der Waals surface area contributed by atoms with E-state index in [4.69, 9.17) is 4.74 Å². The fraction of sp³-hybridized carbons (Fsp3) is 0.529. The van der Waals surface area contributed by atoms with E-state index in [-0.39, 0.29) is 31.5 Å². The summed E-state index contributed by atoms with van der Waals surface area (Å²) in [6.45, 7) is 2.99. The zero-order valence-electron chi connectivity index (χ0n) is 13.9. The highest BCUT2D eigenvalue weighted by Crippen LogP contribution is 2.29. The van der Waals surface area contributed by atoms with Crippen molar-refractivity contribution in [2.75, 3.05) is 19.7 Å². The van der Waals surface area contributed by atoms with Crippen molar-refractivity contribution in [2.24, 2.45) is 5.92 Å². The third-order valence-corrected chi connectivity index (χ3v) is 4.07. The van der Waals surface area contributed by atoms with Crippen LogP contribution in [-0.4, -0.2) is 36.6 Å². The van der Waals surface area contributed by atoms with Gasteiger partial charge in [0.05, 0.1) is 18.1 Å². The molecule has 0 spiro atoms. The zero-order chi connectivity index (χ0) is 18.4. The molecule has 1 aromatic rings. The van der Waals surface area contributed by atoms with Gasteiger partial charge in [0.15, 0.2) is 0 Å². The molecule has 0 aromatic heterocycles. The maximum atomic E-state index is 12.5. The Labute approximate surface area is 144 Å². The second kappa shape index (κ2) is 8.22. The van der Waals surface area contributed by atoms with Gasteiger partial charge in [0.25, 0.3) is 0 Å². The summed E-state index contributed by atoms with van der Waals surface area (Å²) in [5, 5.41) is 2.72. The van der Waals surface area contributed by atoms with Gasteiger partial charge in [-0.25, -0.2) is 4.79 Å². The number of benzene rings is 1. The van der Waals surface area contributed by atoms with Crippen molar-refractivity contribution >= 4 is 12.0 Å². The Bertz CT molecular complexity index is 602. The summed E-state index contributed by atoms with van der Waals surface area (Å²) in [6.07, 6.45) is -3.44. The monoisotopic (exact) mass is 358 g/mol. The van der Waals surface area contributed by atoms with Crippen LogP contribution in [0, 0.1) is 5.92 Å². The summed E-state index contributed by atoms with van der Waals surface area (Å²) in [4.78, 5) is 25.5. The van der Waals surface area contributed by atoms with Crippen molar-refractivity contribution in [3.63, 3.8) is 0 Å². The van der Waals surface area contributed by atoms with Gasteiger partial charge in [-0.2, -0.15) is 13.2 Å². The van der Waals surface area contributed by atoms with Crippen LogP contribution in [0.15, 0.2) is 24.3 Å². The van der Waals surface area contributed by atoms with Crippen molar-refractivity contribution in [2.45, 2.75) is 32.5 Å². The lowest BCUT2D eigenvalue weighted by molar-refractivity contribution is -0.137. The summed E-state index contributed by atoms with van der Waals surface area (Å²) in [7, 11) is 0. The van der Waals surface area contributed by atoms with Crippen LogP contribution in [0.25, 0.3) is 0 Å². The smallest absolute Gasteiger partial charge is 0.416 e. The fourth-order valence-electron chi connectivity index (χ4n) is 2.72. The van der Waals surface area contributed by atoms with Crippen molar-refractivity contribution < 1.29 is 27.5 Å². The molecule has 1 unspecified atom stereocenters. The molecule has 1 heterocycles. The molecule has 5 nitrogen and oxygen atoms in total. The Balaban J connectivity index is 1.86. The molecule has 0 saturated carbocycles. The number of nitrogens with zero attached hydrogens (tertiary/aromatic N) is 1. The Morgan fingerprint density at radius 3 is 2.56 bits per heavy atom. The Hall–Kier alpha value is -2.25. The van der Waals surface area contributed by atoms with Crippen LogP contribution in [0.1, 0.15) is 30.9 Å². The number of hydrogen-bond donors (Lipinski definition) is 1. The first-order valence-electron chi connectivity index (χ1n) is 8.16. The third-order valence-electron chi connectivity index (χ3n) is 4.07. The second-order valence-corrected chi connectivity index (χ2v) is 5.90. The molecule has 1 fully saturated rings. The van der Waals surface area contributed by atoms with E-state index in [1.807, 2.05) is 0 Å². The van der Waals surface area contributed by atoms with Gasteiger partial charge in [0.1, 0.15) is 0 Å². The normalized spacial score (nSPS) is 17.9. The molecule has 0 bridgehead atoms. The summed E-state index contributed by atoms with van der Waals surface area (Å²) in [6, 6.07) is 4.67. The number of ether oxygens (including phenoxy) is 1. The van der Waals surface area contributed by atoms with E-state index in [0.717, 1.165) is 12.1 Å². The van der Waals surface area contributed by atoms with Gasteiger partial charge in [-0.15, -0.1) is 0 Å². The number of carbonyl (C=O) groups is 2. The summed E-state index contributed by atoms with van der Waals surface area (Å²) in [5.74, 6) is -0.554. The fourth-order valence-corrected chi connectivity index (χ4v) is 2.72. The lowest BCUT2D eigenvalue weighted by Gasteiger charge is -2.31. The largest absolute Gasteiger partial charge is 0.450 e. The summed E-state index contributed by atoms with van der Waals surface area (Å²) in [5.41, 5.74) is -0.139. The number of hydrogen-bond acceptors (Lipinski definition) is 3. The lowest BCUT2D eigenvalue weighted by Crippen LogP contribution is -2.45. The average molecular weight is 358 g/mol. The number of rotatable bonds is 4. The molecule has 1 atom stereocenters. The standard InChI is InChI=1S/C17H21F3N2O3/c1-2-25-16(24)22-9-3-4-13(11-22)15(23)21-10-12-5-7-14(8-6-12)17(18,19)20/h5-8,13H,2-4,9-11H2,1H3,(H,21,23). The van der Waals surface area contributed by atoms with Gasteiger partial charge in [0, 0.05) is 19.6 Å². The first-order chi connectivity index (χ1) is 11.8. The van der Waals surface area contributed by atoms with Gasteiger partial charge >= 0.3 is 12.3 Å². The molecule has 2 amide bonds. The molecule has 1 N–H and O–H groups in total. The minimum atomic E-state index is -4.37. The van der Waals surface area contributed by atoms with E-state index in [9.17, 15) is 22.8 Å². The van der Waals surface area contributed by atoms with Crippen LogP contribution in [0.2, 0.25) is 0 Å². The highest BCUT2D eigenvalue weighted by Gasteiger charge is 2.30. The maximum Gasteiger partial charge on any atom is 0.416 e. The molecular formula is C17H21F3N2O3. The molecule has 1 aliphatic rings. The number of halogens is 3. The topological polar surface area (TPSA) is 58.6 Å². The average Bonchev–Trinajstić information content (AvgIpc) is 2.59. The van der Waals surface area contributed by atoms with Crippen LogP contribution in [-0.2, 0) is 22.3 Å². The van der Waals surface area contributed by atoms with Crippen LogP contribution in [0.4, 0.5) is 18.0 Å².